The molecule has 1 aromatic heterocycles. The quantitative estimate of drug-likeness (QED) is 0.536. The molecule has 0 spiro atoms. The second-order valence-corrected chi connectivity index (χ2v) is 6.71. The Bertz CT molecular complexity index is 983. The number of hydrogen-bond donors (Lipinski definition) is 3. The number of furan rings is 1. The minimum absolute atomic E-state index is 0.227. The molecule has 154 valence electrons. The summed E-state index contributed by atoms with van der Waals surface area (Å²) in [6, 6.07) is 19.7. The lowest BCUT2D eigenvalue weighted by atomic mass is 10.0. The van der Waals surface area contributed by atoms with Crippen molar-refractivity contribution in [2.24, 2.45) is 0 Å². The Morgan fingerprint density at radius 1 is 0.867 bits per heavy atom. The highest BCUT2D eigenvalue weighted by Crippen LogP contribution is 2.19. The lowest BCUT2D eigenvalue weighted by molar-refractivity contribution is -0.128. The molecule has 3 N–H and O–H groups in total. The van der Waals surface area contributed by atoms with Crippen molar-refractivity contribution >= 4 is 17.7 Å². The molecule has 0 saturated heterocycles. The molecule has 0 radical (unpaired) electrons. The summed E-state index contributed by atoms with van der Waals surface area (Å²) in [5.74, 6) is -0.542. The van der Waals surface area contributed by atoms with E-state index in [1.54, 1.807) is 31.2 Å². The SMILES string of the molecule is CC(NC(=O)CNC(=O)c1ccc(-c2ccccc2)cc1)C(=O)NCc1ccco1. The lowest BCUT2D eigenvalue weighted by Gasteiger charge is -2.14. The highest BCUT2D eigenvalue weighted by molar-refractivity contribution is 5.97. The maximum atomic E-state index is 12.3. The Morgan fingerprint density at radius 2 is 1.57 bits per heavy atom. The Morgan fingerprint density at radius 3 is 2.23 bits per heavy atom. The summed E-state index contributed by atoms with van der Waals surface area (Å²) in [5.41, 5.74) is 2.51. The van der Waals surface area contributed by atoms with Gasteiger partial charge in [-0.25, -0.2) is 0 Å². The van der Waals surface area contributed by atoms with E-state index in [2.05, 4.69) is 16.0 Å². The van der Waals surface area contributed by atoms with Gasteiger partial charge < -0.3 is 20.4 Å². The zero-order chi connectivity index (χ0) is 21.3. The average molecular weight is 405 g/mol. The minimum Gasteiger partial charge on any atom is -0.467 e. The molecule has 30 heavy (non-hydrogen) atoms. The van der Waals surface area contributed by atoms with Crippen molar-refractivity contribution < 1.29 is 18.8 Å². The Balaban J connectivity index is 1.43. The minimum atomic E-state index is -0.741. The molecule has 3 amide bonds. The number of nitrogens with one attached hydrogen (secondary N) is 3. The van der Waals surface area contributed by atoms with Crippen LogP contribution in [0.2, 0.25) is 0 Å². The predicted molar refractivity (Wildman–Crippen MR) is 112 cm³/mol. The molecule has 0 aliphatic carbocycles. The van der Waals surface area contributed by atoms with E-state index < -0.39 is 11.9 Å². The first-order chi connectivity index (χ1) is 14.5. The zero-order valence-corrected chi connectivity index (χ0v) is 16.6. The molecular formula is C23H23N3O4. The standard InChI is InChI=1S/C23H23N3O4/c1-16(22(28)24-14-20-8-5-13-30-20)26-21(27)15-25-23(29)19-11-9-18(10-12-19)17-6-3-2-4-7-17/h2-13,16H,14-15H2,1H3,(H,24,28)(H,25,29)(H,26,27). The first-order valence-electron chi connectivity index (χ1n) is 9.56. The third kappa shape index (κ3) is 5.81. The van der Waals surface area contributed by atoms with Gasteiger partial charge in [0.25, 0.3) is 5.91 Å². The summed E-state index contributed by atoms with van der Waals surface area (Å²) in [5, 5.41) is 7.77. The van der Waals surface area contributed by atoms with Gasteiger partial charge in [0, 0.05) is 5.56 Å². The van der Waals surface area contributed by atoms with Crippen LogP contribution in [0.15, 0.2) is 77.4 Å². The number of carbonyl (C=O) groups excluding carboxylic acids is 3. The Kier molecular flexibility index (Phi) is 7.00. The van der Waals surface area contributed by atoms with Crippen molar-refractivity contribution in [3.8, 4) is 11.1 Å². The number of rotatable bonds is 8. The van der Waals surface area contributed by atoms with Gasteiger partial charge in [-0.05, 0) is 42.3 Å². The van der Waals surface area contributed by atoms with Crippen LogP contribution in [0.5, 0.6) is 0 Å². The van der Waals surface area contributed by atoms with Gasteiger partial charge in [-0.3, -0.25) is 14.4 Å². The summed E-state index contributed by atoms with van der Waals surface area (Å²) < 4.78 is 5.13. The number of benzene rings is 2. The van der Waals surface area contributed by atoms with E-state index in [9.17, 15) is 14.4 Å². The molecule has 7 nitrogen and oxygen atoms in total. The fourth-order valence-corrected chi connectivity index (χ4v) is 2.81. The lowest BCUT2D eigenvalue weighted by Crippen LogP contribution is -2.47. The number of hydrogen-bond acceptors (Lipinski definition) is 4. The van der Waals surface area contributed by atoms with E-state index in [0.717, 1.165) is 11.1 Å². The van der Waals surface area contributed by atoms with Crippen LogP contribution in [0.25, 0.3) is 11.1 Å². The van der Waals surface area contributed by atoms with E-state index in [1.165, 1.54) is 6.26 Å². The molecular weight excluding hydrogens is 382 g/mol. The second kappa shape index (κ2) is 10.1. The normalized spacial score (nSPS) is 11.4. The molecule has 1 unspecified atom stereocenters. The van der Waals surface area contributed by atoms with Crippen LogP contribution >= 0.6 is 0 Å². The number of amides is 3. The van der Waals surface area contributed by atoms with Gasteiger partial charge in [0.05, 0.1) is 19.4 Å². The average Bonchev–Trinajstić information content (AvgIpc) is 3.30. The van der Waals surface area contributed by atoms with Gasteiger partial charge in [-0.15, -0.1) is 0 Å². The van der Waals surface area contributed by atoms with Crippen LogP contribution < -0.4 is 16.0 Å². The first kappa shape index (κ1) is 20.9. The van der Waals surface area contributed by atoms with E-state index in [1.807, 2.05) is 42.5 Å². The molecule has 7 heteroatoms. The molecule has 2 aromatic carbocycles. The summed E-state index contributed by atoms with van der Waals surface area (Å²) in [6.45, 7) is 1.58. The van der Waals surface area contributed by atoms with Crippen LogP contribution in [0.3, 0.4) is 0 Å². The molecule has 1 heterocycles. The summed E-state index contributed by atoms with van der Waals surface area (Å²) in [6.07, 6.45) is 1.52. The topological polar surface area (TPSA) is 100 Å². The van der Waals surface area contributed by atoms with Crippen molar-refractivity contribution in [2.75, 3.05) is 6.54 Å². The molecule has 1 atom stereocenters. The van der Waals surface area contributed by atoms with Gasteiger partial charge in [0.1, 0.15) is 11.8 Å². The van der Waals surface area contributed by atoms with Gasteiger partial charge in [0.15, 0.2) is 0 Å². The van der Waals surface area contributed by atoms with E-state index in [-0.39, 0.29) is 24.9 Å². The molecule has 0 aliphatic rings. The van der Waals surface area contributed by atoms with E-state index >= 15 is 0 Å². The van der Waals surface area contributed by atoms with E-state index in [0.29, 0.717) is 11.3 Å². The molecule has 3 aromatic rings. The van der Waals surface area contributed by atoms with Gasteiger partial charge in [-0.1, -0.05) is 42.5 Å². The van der Waals surface area contributed by atoms with Crippen LogP contribution in [0.1, 0.15) is 23.0 Å². The van der Waals surface area contributed by atoms with Gasteiger partial charge in [0.2, 0.25) is 11.8 Å². The van der Waals surface area contributed by atoms with Gasteiger partial charge >= 0.3 is 0 Å². The summed E-state index contributed by atoms with van der Waals surface area (Å²) in [7, 11) is 0. The summed E-state index contributed by atoms with van der Waals surface area (Å²) in [4.78, 5) is 36.3. The van der Waals surface area contributed by atoms with E-state index in [4.69, 9.17) is 4.42 Å². The molecule has 0 aliphatic heterocycles. The third-order valence-electron chi connectivity index (χ3n) is 4.45. The van der Waals surface area contributed by atoms with Crippen molar-refractivity contribution in [2.45, 2.75) is 19.5 Å². The molecule has 0 bridgehead atoms. The molecule has 0 fully saturated rings. The Labute approximate surface area is 174 Å². The maximum Gasteiger partial charge on any atom is 0.251 e. The largest absolute Gasteiger partial charge is 0.467 e. The monoisotopic (exact) mass is 405 g/mol. The molecule has 0 saturated carbocycles. The summed E-state index contributed by atoms with van der Waals surface area (Å²) >= 11 is 0. The van der Waals surface area contributed by atoms with Crippen LogP contribution in [0.4, 0.5) is 0 Å². The Hall–Kier alpha value is -3.87. The van der Waals surface area contributed by atoms with Crippen molar-refractivity contribution in [1.82, 2.24) is 16.0 Å². The third-order valence-corrected chi connectivity index (χ3v) is 4.45. The van der Waals surface area contributed by atoms with Crippen molar-refractivity contribution in [3.05, 3.63) is 84.3 Å². The van der Waals surface area contributed by atoms with Gasteiger partial charge in [-0.2, -0.15) is 0 Å². The maximum absolute atomic E-state index is 12.3. The highest BCUT2D eigenvalue weighted by atomic mass is 16.3. The first-order valence-corrected chi connectivity index (χ1v) is 9.56. The molecule has 3 rings (SSSR count). The fourth-order valence-electron chi connectivity index (χ4n) is 2.81. The predicted octanol–water partition coefficient (Wildman–Crippen LogP) is 2.50. The van der Waals surface area contributed by atoms with Crippen LogP contribution in [0, 0.1) is 0 Å². The van der Waals surface area contributed by atoms with Crippen molar-refractivity contribution in [1.29, 1.82) is 0 Å². The highest BCUT2D eigenvalue weighted by Gasteiger charge is 2.16. The van der Waals surface area contributed by atoms with Crippen LogP contribution in [-0.4, -0.2) is 30.3 Å². The second-order valence-electron chi connectivity index (χ2n) is 6.71. The fraction of sp³-hybridized carbons (Fsp3) is 0.174. The van der Waals surface area contributed by atoms with Crippen LogP contribution in [-0.2, 0) is 16.1 Å². The zero-order valence-electron chi connectivity index (χ0n) is 16.6. The van der Waals surface area contributed by atoms with Crippen molar-refractivity contribution in [3.63, 3.8) is 0 Å². The smallest absolute Gasteiger partial charge is 0.251 e. The number of carbonyl (C=O) groups is 3.